The molecule has 0 saturated carbocycles. The van der Waals surface area contributed by atoms with E-state index in [-0.39, 0.29) is 36.0 Å². The van der Waals surface area contributed by atoms with Crippen LogP contribution in [0.2, 0.25) is 0 Å². The van der Waals surface area contributed by atoms with Crippen molar-refractivity contribution in [1.82, 2.24) is 21.5 Å². The van der Waals surface area contributed by atoms with E-state index in [1.807, 2.05) is 61.5 Å². The molecule has 7 heteroatoms. The van der Waals surface area contributed by atoms with Crippen molar-refractivity contribution in [2.45, 2.75) is 38.1 Å². The minimum atomic E-state index is -0.182. The number of hydrazine groups is 1. The van der Waals surface area contributed by atoms with Crippen molar-refractivity contribution in [3.63, 3.8) is 0 Å². The van der Waals surface area contributed by atoms with Gasteiger partial charge in [-0.2, -0.15) is 0 Å². The highest BCUT2D eigenvalue weighted by Crippen LogP contribution is 2.42. The van der Waals surface area contributed by atoms with E-state index in [1.165, 1.54) is 5.56 Å². The Balaban J connectivity index is 1.37. The van der Waals surface area contributed by atoms with Gasteiger partial charge in [-0.15, -0.1) is 0 Å². The number of piperidine rings is 1. The molecule has 3 aromatic carbocycles. The molecule has 3 aromatic rings. The lowest BCUT2D eigenvalue weighted by atomic mass is 9.74. The molecule has 2 aliphatic rings. The third-order valence-corrected chi connectivity index (χ3v) is 7.21. The van der Waals surface area contributed by atoms with E-state index in [9.17, 15) is 4.79 Å². The minimum absolute atomic E-state index is 0.0294. The van der Waals surface area contributed by atoms with Gasteiger partial charge in [-0.1, -0.05) is 54.6 Å². The van der Waals surface area contributed by atoms with Gasteiger partial charge in [0.05, 0.1) is 25.9 Å². The SMILES string of the molecule is CCOc1ccc(C2CC(C(=O)NCc3ccc(OC)cc3)C3C(NNC3c3ccccc3)N2)cc1. The summed E-state index contributed by atoms with van der Waals surface area (Å²) in [6.45, 7) is 3.10. The largest absolute Gasteiger partial charge is 0.497 e. The average Bonchev–Trinajstić information content (AvgIpc) is 3.37. The van der Waals surface area contributed by atoms with Crippen molar-refractivity contribution in [3.8, 4) is 11.5 Å². The summed E-state index contributed by atoms with van der Waals surface area (Å²) in [6.07, 6.45) is 0.660. The summed E-state index contributed by atoms with van der Waals surface area (Å²) in [6, 6.07) is 26.4. The van der Waals surface area contributed by atoms with Crippen LogP contribution in [0.3, 0.4) is 0 Å². The molecule has 2 heterocycles. The zero-order valence-corrected chi connectivity index (χ0v) is 20.7. The molecule has 4 N–H and O–H groups in total. The predicted molar refractivity (Wildman–Crippen MR) is 139 cm³/mol. The Morgan fingerprint density at radius 2 is 1.64 bits per heavy atom. The molecule has 188 valence electrons. The fourth-order valence-corrected chi connectivity index (χ4v) is 5.38. The molecule has 5 unspecified atom stereocenters. The van der Waals surface area contributed by atoms with E-state index in [2.05, 4.69) is 45.8 Å². The van der Waals surface area contributed by atoms with Crippen molar-refractivity contribution in [2.24, 2.45) is 11.8 Å². The molecule has 5 rings (SSSR count). The van der Waals surface area contributed by atoms with E-state index in [4.69, 9.17) is 9.47 Å². The Labute approximate surface area is 212 Å². The molecule has 0 spiro atoms. The Morgan fingerprint density at radius 3 is 2.33 bits per heavy atom. The summed E-state index contributed by atoms with van der Waals surface area (Å²) in [7, 11) is 1.65. The topological polar surface area (TPSA) is 83.7 Å². The van der Waals surface area contributed by atoms with Gasteiger partial charge in [-0.3, -0.25) is 10.1 Å². The maximum absolute atomic E-state index is 13.7. The Bertz CT molecular complexity index is 1140. The van der Waals surface area contributed by atoms with Crippen molar-refractivity contribution in [2.75, 3.05) is 13.7 Å². The first-order valence-corrected chi connectivity index (χ1v) is 12.6. The van der Waals surface area contributed by atoms with Gasteiger partial charge in [0.25, 0.3) is 0 Å². The number of methoxy groups -OCH3 is 1. The van der Waals surface area contributed by atoms with Gasteiger partial charge in [0, 0.05) is 24.4 Å². The van der Waals surface area contributed by atoms with Crippen LogP contribution in [0.15, 0.2) is 78.9 Å². The van der Waals surface area contributed by atoms with Crippen molar-refractivity contribution in [3.05, 3.63) is 95.6 Å². The highest BCUT2D eigenvalue weighted by Gasteiger charge is 2.49. The number of rotatable bonds is 8. The number of benzene rings is 3. The molecule has 2 fully saturated rings. The first-order chi connectivity index (χ1) is 17.7. The van der Waals surface area contributed by atoms with Crippen LogP contribution in [-0.4, -0.2) is 25.8 Å². The van der Waals surface area contributed by atoms with Crippen LogP contribution >= 0.6 is 0 Å². The van der Waals surface area contributed by atoms with E-state index in [0.29, 0.717) is 19.6 Å². The maximum atomic E-state index is 13.7. The lowest BCUT2D eigenvalue weighted by Gasteiger charge is -2.40. The molecule has 2 aliphatic heterocycles. The smallest absolute Gasteiger partial charge is 0.223 e. The molecule has 0 bridgehead atoms. The molecule has 0 aliphatic carbocycles. The number of carbonyl (C=O) groups excluding carboxylic acids is 1. The summed E-state index contributed by atoms with van der Waals surface area (Å²) < 4.78 is 10.9. The fourth-order valence-electron chi connectivity index (χ4n) is 5.38. The van der Waals surface area contributed by atoms with Gasteiger partial charge in [-0.25, -0.2) is 10.9 Å². The lowest BCUT2D eigenvalue weighted by molar-refractivity contribution is -0.129. The Morgan fingerprint density at radius 1 is 0.917 bits per heavy atom. The van der Waals surface area contributed by atoms with Crippen molar-refractivity contribution in [1.29, 1.82) is 0 Å². The van der Waals surface area contributed by atoms with Crippen LogP contribution in [0.4, 0.5) is 0 Å². The van der Waals surface area contributed by atoms with Crippen LogP contribution in [-0.2, 0) is 11.3 Å². The standard InChI is InChI=1S/C29H34N4O3/c1-3-36-23-15-11-20(12-16-23)25-17-24(29(34)30-18-19-9-13-22(35-2)14-10-19)26-27(32-33-28(26)31-25)21-7-5-4-6-8-21/h4-16,24-28,31-33H,3,17-18H2,1-2H3,(H,30,34). The predicted octanol–water partition coefficient (Wildman–Crippen LogP) is 3.85. The van der Waals surface area contributed by atoms with Crippen LogP contribution in [0, 0.1) is 11.8 Å². The van der Waals surface area contributed by atoms with Crippen LogP contribution in [0.1, 0.15) is 42.1 Å². The second-order valence-corrected chi connectivity index (χ2v) is 9.36. The number of amides is 1. The normalized spacial score (nSPS) is 25.1. The zero-order chi connectivity index (χ0) is 24.9. The minimum Gasteiger partial charge on any atom is -0.497 e. The summed E-state index contributed by atoms with van der Waals surface area (Å²) in [5.74, 6) is 1.61. The Kier molecular flexibility index (Phi) is 7.51. The van der Waals surface area contributed by atoms with E-state index >= 15 is 0 Å². The highest BCUT2D eigenvalue weighted by atomic mass is 16.5. The van der Waals surface area contributed by atoms with Crippen molar-refractivity contribution >= 4 is 5.91 Å². The van der Waals surface area contributed by atoms with Crippen LogP contribution < -0.4 is 31.0 Å². The third kappa shape index (κ3) is 5.23. The number of hydrogen-bond donors (Lipinski definition) is 4. The van der Waals surface area contributed by atoms with Gasteiger partial charge < -0.3 is 14.8 Å². The maximum Gasteiger partial charge on any atom is 0.223 e. The quantitative estimate of drug-likeness (QED) is 0.387. The number of nitrogens with one attached hydrogen (secondary N) is 4. The summed E-state index contributed by atoms with van der Waals surface area (Å²) in [5.41, 5.74) is 10.3. The summed E-state index contributed by atoms with van der Waals surface area (Å²) in [5, 5.41) is 6.95. The second-order valence-electron chi connectivity index (χ2n) is 9.36. The number of ether oxygens (including phenoxy) is 2. The molecule has 7 nitrogen and oxygen atoms in total. The molecule has 0 aromatic heterocycles. The molecule has 0 radical (unpaired) electrons. The Hall–Kier alpha value is -3.39. The van der Waals surface area contributed by atoms with Gasteiger partial charge in [0.2, 0.25) is 5.91 Å². The summed E-state index contributed by atoms with van der Waals surface area (Å²) >= 11 is 0. The first kappa shape index (κ1) is 24.3. The molecule has 2 saturated heterocycles. The highest BCUT2D eigenvalue weighted by molar-refractivity contribution is 5.79. The van der Waals surface area contributed by atoms with E-state index in [0.717, 1.165) is 22.6 Å². The summed E-state index contributed by atoms with van der Waals surface area (Å²) in [4.78, 5) is 13.7. The average molecular weight is 487 g/mol. The van der Waals surface area contributed by atoms with Gasteiger partial charge in [-0.05, 0) is 54.3 Å². The fraction of sp³-hybridized carbons (Fsp3) is 0.345. The molecule has 1 amide bonds. The van der Waals surface area contributed by atoms with Gasteiger partial charge >= 0.3 is 0 Å². The van der Waals surface area contributed by atoms with E-state index < -0.39 is 0 Å². The van der Waals surface area contributed by atoms with Crippen LogP contribution in [0.5, 0.6) is 11.5 Å². The lowest BCUT2D eigenvalue weighted by Crippen LogP contribution is -2.54. The molecule has 36 heavy (non-hydrogen) atoms. The van der Waals surface area contributed by atoms with Crippen LogP contribution in [0.25, 0.3) is 0 Å². The monoisotopic (exact) mass is 486 g/mol. The van der Waals surface area contributed by atoms with Crippen molar-refractivity contribution < 1.29 is 14.3 Å². The number of fused-ring (bicyclic) bond motifs is 1. The number of hydrogen-bond acceptors (Lipinski definition) is 6. The zero-order valence-electron chi connectivity index (χ0n) is 20.7. The third-order valence-electron chi connectivity index (χ3n) is 7.21. The second kappa shape index (κ2) is 11.1. The van der Waals surface area contributed by atoms with E-state index in [1.54, 1.807) is 7.11 Å². The molecule has 5 atom stereocenters. The van der Waals surface area contributed by atoms with Gasteiger partial charge in [0.15, 0.2) is 0 Å². The molecular formula is C29H34N4O3. The molecular weight excluding hydrogens is 452 g/mol. The van der Waals surface area contributed by atoms with Gasteiger partial charge in [0.1, 0.15) is 11.5 Å². The number of carbonyl (C=O) groups is 1. The first-order valence-electron chi connectivity index (χ1n) is 12.6.